The molecule has 3 aliphatic carbocycles. The van der Waals surface area contributed by atoms with Gasteiger partial charge < -0.3 is 37.1 Å². The Labute approximate surface area is 224 Å². The van der Waals surface area contributed by atoms with Crippen LogP contribution in [0.1, 0.15) is 42.5 Å². The summed E-state index contributed by atoms with van der Waals surface area (Å²) in [5, 5.41) is 23.9. The van der Waals surface area contributed by atoms with E-state index < -0.39 is 30.2 Å². The number of fused-ring (bicyclic) bond motifs is 3. The molecule has 38 heavy (non-hydrogen) atoms. The molecule has 202 valence electrons. The number of guanidine groups is 1. The third-order valence-corrected chi connectivity index (χ3v) is 8.40. The summed E-state index contributed by atoms with van der Waals surface area (Å²) in [7, 11) is 0. The Morgan fingerprint density at radius 1 is 0.974 bits per heavy atom. The molecule has 11 nitrogen and oxygen atoms in total. The second kappa shape index (κ2) is 11.6. The summed E-state index contributed by atoms with van der Waals surface area (Å²) in [6.07, 6.45) is 1.97. The van der Waals surface area contributed by atoms with E-state index >= 15 is 0 Å². The zero-order valence-corrected chi connectivity index (χ0v) is 21.4. The SMILES string of the molecule is NC(N)=Nc1ccc(C(=O)Oc2ccc(SCCC34CCC(CC3)C(NC(=O)O)C4NC(=O)O)cc2)cc1. The Morgan fingerprint density at radius 2 is 1.61 bits per heavy atom. The zero-order chi connectivity index (χ0) is 27.3. The molecular weight excluding hydrogens is 510 g/mol. The van der Waals surface area contributed by atoms with Crippen LogP contribution in [0.4, 0.5) is 15.3 Å². The minimum Gasteiger partial charge on any atom is -0.465 e. The van der Waals surface area contributed by atoms with Crippen LogP contribution in [0.5, 0.6) is 5.75 Å². The first-order chi connectivity index (χ1) is 18.1. The van der Waals surface area contributed by atoms with Crippen molar-refractivity contribution in [3.05, 3.63) is 54.1 Å². The summed E-state index contributed by atoms with van der Waals surface area (Å²) >= 11 is 1.63. The number of nitrogens with zero attached hydrogens (tertiary/aromatic N) is 1. The number of benzene rings is 2. The number of nitrogens with one attached hydrogen (secondary N) is 2. The standard InChI is InChI=1S/C26H31N5O6S/c27-23(28)29-17-3-1-16(2-4-17)22(32)37-18-5-7-19(8-6-18)38-14-13-26-11-9-15(10-12-26)20(30-24(33)34)21(26)31-25(35)36/h1-8,15,20-21,30-31H,9-14H2,(H,33,34)(H,35,36)(H4,27,28,29). The highest BCUT2D eigenvalue weighted by atomic mass is 32.2. The number of rotatable bonds is 9. The monoisotopic (exact) mass is 541 g/mol. The summed E-state index contributed by atoms with van der Waals surface area (Å²) in [4.78, 5) is 40.2. The predicted molar refractivity (Wildman–Crippen MR) is 143 cm³/mol. The topological polar surface area (TPSA) is 189 Å². The van der Waals surface area contributed by atoms with Crippen LogP contribution in [-0.4, -0.2) is 52.2 Å². The molecular formula is C26H31N5O6S. The van der Waals surface area contributed by atoms with Crippen molar-refractivity contribution in [2.75, 3.05) is 5.75 Å². The lowest BCUT2D eigenvalue weighted by molar-refractivity contribution is -0.00854. The molecule has 2 unspecified atom stereocenters. The van der Waals surface area contributed by atoms with E-state index in [2.05, 4.69) is 15.6 Å². The summed E-state index contributed by atoms with van der Waals surface area (Å²) in [6, 6.07) is 12.7. The highest BCUT2D eigenvalue weighted by molar-refractivity contribution is 7.99. The first-order valence-corrected chi connectivity index (χ1v) is 13.3. The number of esters is 1. The van der Waals surface area contributed by atoms with E-state index in [0.717, 1.165) is 42.8 Å². The quantitative estimate of drug-likeness (QED) is 0.0902. The van der Waals surface area contributed by atoms with Gasteiger partial charge in [-0.3, -0.25) is 0 Å². The maximum Gasteiger partial charge on any atom is 0.404 e. The molecule has 2 aromatic carbocycles. The van der Waals surface area contributed by atoms with Gasteiger partial charge in [-0.2, -0.15) is 0 Å². The zero-order valence-electron chi connectivity index (χ0n) is 20.6. The molecule has 2 amide bonds. The van der Waals surface area contributed by atoms with Crippen molar-refractivity contribution in [2.45, 2.75) is 49.1 Å². The fraction of sp³-hybridized carbons (Fsp3) is 0.385. The van der Waals surface area contributed by atoms with Crippen LogP contribution >= 0.6 is 11.8 Å². The van der Waals surface area contributed by atoms with Gasteiger partial charge in [0.15, 0.2) is 5.96 Å². The number of hydrogen-bond donors (Lipinski definition) is 6. The molecule has 3 saturated carbocycles. The smallest absolute Gasteiger partial charge is 0.404 e. The largest absolute Gasteiger partial charge is 0.465 e. The molecule has 0 aliphatic heterocycles. The van der Waals surface area contributed by atoms with E-state index in [4.69, 9.17) is 16.2 Å². The highest BCUT2D eigenvalue weighted by Gasteiger charge is 2.54. The van der Waals surface area contributed by atoms with Crippen molar-refractivity contribution in [3.8, 4) is 5.75 Å². The van der Waals surface area contributed by atoms with Crippen LogP contribution < -0.4 is 26.8 Å². The molecule has 0 radical (unpaired) electrons. The first-order valence-electron chi connectivity index (χ1n) is 12.3. The number of thioether (sulfide) groups is 1. The van der Waals surface area contributed by atoms with Crippen LogP contribution in [0, 0.1) is 11.3 Å². The molecule has 2 aromatic rings. The number of carbonyl (C=O) groups excluding carboxylic acids is 1. The van der Waals surface area contributed by atoms with E-state index in [-0.39, 0.29) is 17.3 Å². The summed E-state index contributed by atoms with van der Waals surface area (Å²) in [5.41, 5.74) is 11.3. The number of carbonyl (C=O) groups is 3. The number of amides is 2. The number of aliphatic imine (C=N–C) groups is 1. The first kappa shape index (κ1) is 27.1. The Hall–Kier alpha value is -3.93. The molecule has 8 N–H and O–H groups in total. The van der Waals surface area contributed by atoms with Gasteiger partial charge in [-0.25, -0.2) is 19.4 Å². The maximum atomic E-state index is 12.5. The maximum absolute atomic E-state index is 12.5. The molecule has 12 heteroatoms. The third-order valence-electron chi connectivity index (χ3n) is 7.39. The fourth-order valence-electron chi connectivity index (χ4n) is 5.63. The number of ether oxygens (including phenoxy) is 1. The van der Waals surface area contributed by atoms with E-state index in [1.807, 2.05) is 12.1 Å². The number of hydrogen-bond acceptors (Lipinski definition) is 6. The van der Waals surface area contributed by atoms with Gasteiger partial charge in [-0.05, 0) is 97.7 Å². The third kappa shape index (κ3) is 6.49. The summed E-state index contributed by atoms with van der Waals surface area (Å²) < 4.78 is 5.46. The molecule has 0 saturated heterocycles. The summed E-state index contributed by atoms with van der Waals surface area (Å²) in [6.45, 7) is 0. The van der Waals surface area contributed by atoms with Gasteiger partial charge in [0.25, 0.3) is 0 Å². The van der Waals surface area contributed by atoms with Gasteiger partial charge >= 0.3 is 18.2 Å². The van der Waals surface area contributed by atoms with Crippen LogP contribution in [-0.2, 0) is 0 Å². The van der Waals surface area contributed by atoms with Crippen molar-refractivity contribution in [1.82, 2.24) is 10.6 Å². The fourth-order valence-corrected chi connectivity index (χ4v) is 6.70. The van der Waals surface area contributed by atoms with Crippen LogP contribution in [0.25, 0.3) is 0 Å². The lowest BCUT2D eigenvalue weighted by Gasteiger charge is -2.56. The van der Waals surface area contributed by atoms with Gasteiger partial charge in [0.1, 0.15) is 5.75 Å². The van der Waals surface area contributed by atoms with Crippen molar-refractivity contribution in [3.63, 3.8) is 0 Å². The van der Waals surface area contributed by atoms with E-state index in [1.54, 1.807) is 48.2 Å². The molecule has 0 spiro atoms. The van der Waals surface area contributed by atoms with E-state index in [9.17, 15) is 24.6 Å². The van der Waals surface area contributed by atoms with Gasteiger partial charge in [-0.15, -0.1) is 11.8 Å². The van der Waals surface area contributed by atoms with Gasteiger partial charge in [0.2, 0.25) is 0 Å². The molecule has 5 rings (SSSR count). The normalized spacial score (nSPS) is 23.7. The Kier molecular flexibility index (Phi) is 8.30. The van der Waals surface area contributed by atoms with Crippen LogP contribution in [0.15, 0.2) is 58.4 Å². The van der Waals surface area contributed by atoms with Gasteiger partial charge in [0, 0.05) is 4.90 Å². The Morgan fingerprint density at radius 3 is 2.18 bits per heavy atom. The van der Waals surface area contributed by atoms with Crippen molar-refractivity contribution in [2.24, 2.45) is 27.8 Å². The van der Waals surface area contributed by atoms with Crippen LogP contribution in [0.2, 0.25) is 0 Å². The van der Waals surface area contributed by atoms with Gasteiger partial charge in [0.05, 0.1) is 23.3 Å². The lowest BCUT2D eigenvalue weighted by atomic mass is 9.54. The average Bonchev–Trinajstić information content (AvgIpc) is 2.87. The van der Waals surface area contributed by atoms with Crippen molar-refractivity contribution in [1.29, 1.82) is 0 Å². The molecule has 2 atom stereocenters. The highest BCUT2D eigenvalue weighted by Crippen LogP contribution is 2.53. The second-order valence-electron chi connectivity index (χ2n) is 9.65. The average molecular weight is 542 g/mol. The molecule has 2 bridgehead atoms. The number of carboxylic acid groups (broad SMARTS) is 2. The van der Waals surface area contributed by atoms with Crippen molar-refractivity contribution < 1.29 is 29.3 Å². The second-order valence-corrected chi connectivity index (χ2v) is 10.8. The van der Waals surface area contributed by atoms with Crippen LogP contribution in [0.3, 0.4) is 0 Å². The molecule has 0 heterocycles. The van der Waals surface area contributed by atoms with E-state index in [1.165, 1.54) is 0 Å². The van der Waals surface area contributed by atoms with E-state index in [0.29, 0.717) is 17.0 Å². The summed E-state index contributed by atoms with van der Waals surface area (Å²) in [5.74, 6) is 0.716. The van der Waals surface area contributed by atoms with Crippen molar-refractivity contribution >= 4 is 41.6 Å². The predicted octanol–water partition coefficient (Wildman–Crippen LogP) is 3.76. The molecule has 3 aliphatic rings. The number of nitrogens with two attached hydrogens (primary N) is 2. The Balaban J connectivity index is 1.34. The molecule has 3 fully saturated rings. The Bertz CT molecular complexity index is 1190. The minimum atomic E-state index is -1.14. The van der Waals surface area contributed by atoms with Gasteiger partial charge in [-0.1, -0.05) is 0 Å². The minimum absolute atomic E-state index is 0.0693. The molecule has 0 aromatic heterocycles. The lowest BCUT2D eigenvalue weighted by Crippen LogP contribution is -2.67.